The van der Waals surface area contributed by atoms with Crippen molar-refractivity contribution in [3.8, 4) is 11.1 Å². The van der Waals surface area contributed by atoms with Gasteiger partial charge in [0.25, 0.3) is 0 Å². The molecule has 1 saturated heterocycles. The fourth-order valence-electron chi connectivity index (χ4n) is 4.31. The lowest BCUT2D eigenvalue weighted by atomic mass is 9.98. The number of carboxylic acids is 1. The summed E-state index contributed by atoms with van der Waals surface area (Å²) in [5.74, 6) is 0.330. The molecule has 0 saturated carbocycles. The first-order chi connectivity index (χ1) is 15.5. The Kier molecular flexibility index (Phi) is 6.99. The van der Waals surface area contributed by atoms with Gasteiger partial charge in [0.05, 0.1) is 0 Å². The number of benzene rings is 2. The van der Waals surface area contributed by atoms with E-state index in [9.17, 15) is 14.4 Å². The van der Waals surface area contributed by atoms with Crippen molar-refractivity contribution in [1.29, 1.82) is 0 Å². The summed E-state index contributed by atoms with van der Waals surface area (Å²) in [4.78, 5) is 38.2. The summed E-state index contributed by atoms with van der Waals surface area (Å²) >= 11 is 1.77. The molecule has 2 aliphatic rings. The van der Waals surface area contributed by atoms with E-state index < -0.39 is 18.1 Å². The molecule has 2 amide bonds. The summed E-state index contributed by atoms with van der Waals surface area (Å²) in [6.45, 7) is 1.33. The maximum atomic E-state index is 12.9. The summed E-state index contributed by atoms with van der Waals surface area (Å²) in [5.41, 5.74) is 4.47. The molecule has 4 rings (SSSR count). The fraction of sp³-hybridized carbons (Fsp3) is 0.375. The molecule has 1 fully saturated rings. The number of carbonyl (C=O) groups is 3. The van der Waals surface area contributed by atoms with Crippen molar-refractivity contribution in [2.45, 2.75) is 24.8 Å². The van der Waals surface area contributed by atoms with Crippen molar-refractivity contribution in [3.05, 3.63) is 59.7 Å². The van der Waals surface area contributed by atoms with Crippen LogP contribution in [0.1, 0.15) is 29.9 Å². The number of amides is 2. The highest BCUT2D eigenvalue weighted by atomic mass is 32.2. The lowest BCUT2D eigenvalue weighted by Crippen LogP contribution is -2.51. The van der Waals surface area contributed by atoms with Gasteiger partial charge in [0.1, 0.15) is 12.6 Å². The molecule has 0 radical (unpaired) electrons. The Morgan fingerprint density at radius 2 is 1.62 bits per heavy atom. The Morgan fingerprint density at radius 1 is 1.03 bits per heavy atom. The first kappa shape index (κ1) is 22.2. The molecule has 8 heteroatoms. The van der Waals surface area contributed by atoms with Crippen LogP contribution >= 0.6 is 11.8 Å². The van der Waals surface area contributed by atoms with E-state index in [-0.39, 0.29) is 31.3 Å². The third-order valence-electron chi connectivity index (χ3n) is 5.90. The van der Waals surface area contributed by atoms with E-state index in [0.29, 0.717) is 13.1 Å². The minimum Gasteiger partial charge on any atom is -0.481 e. The molecule has 0 spiro atoms. The number of alkyl carbamates (subject to hydrolysis) is 1. The highest BCUT2D eigenvalue weighted by Crippen LogP contribution is 2.44. The van der Waals surface area contributed by atoms with Gasteiger partial charge in [-0.15, -0.1) is 0 Å². The molecule has 2 aromatic rings. The molecule has 2 aromatic carbocycles. The van der Waals surface area contributed by atoms with Crippen molar-refractivity contribution >= 4 is 29.7 Å². The number of aliphatic carboxylic acids is 1. The number of hydrogen-bond donors (Lipinski definition) is 2. The van der Waals surface area contributed by atoms with Gasteiger partial charge in [0.2, 0.25) is 5.91 Å². The van der Waals surface area contributed by atoms with Crippen molar-refractivity contribution in [2.75, 3.05) is 31.2 Å². The Bertz CT molecular complexity index is 960. The molecule has 1 heterocycles. The zero-order valence-corrected chi connectivity index (χ0v) is 18.5. The average molecular weight is 455 g/mol. The van der Waals surface area contributed by atoms with Gasteiger partial charge in [-0.25, -0.2) is 4.79 Å². The fourth-order valence-corrected chi connectivity index (χ4v) is 5.21. The SMILES string of the molecule is O=C(O)CCC(NC(=O)OCC1c2ccccc2-c2ccccc21)C(=O)N1CCSCC1. The molecule has 1 unspecified atom stereocenters. The van der Waals surface area contributed by atoms with Gasteiger partial charge in [-0.1, -0.05) is 48.5 Å². The zero-order chi connectivity index (χ0) is 22.5. The van der Waals surface area contributed by atoms with Crippen molar-refractivity contribution in [2.24, 2.45) is 0 Å². The van der Waals surface area contributed by atoms with Crippen LogP contribution in [0, 0.1) is 0 Å². The second-order valence-electron chi connectivity index (χ2n) is 7.89. The van der Waals surface area contributed by atoms with Crippen molar-refractivity contribution < 1.29 is 24.2 Å². The molecule has 1 aliphatic heterocycles. The van der Waals surface area contributed by atoms with E-state index in [2.05, 4.69) is 17.4 Å². The highest BCUT2D eigenvalue weighted by molar-refractivity contribution is 7.99. The molecule has 32 heavy (non-hydrogen) atoms. The van der Waals surface area contributed by atoms with Crippen molar-refractivity contribution in [3.63, 3.8) is 0 Å². The monoisotopic (exact) mass is 454 g/mol. The van der Waals surface area contributed by atoms with Gasteiger partial charge >= 0.3 is 12.1 Å². The van der Waals surface area contributed by atoms with Crippen LogP contribution in [0.2, 0.25) is 0 Å². The summed E-state index contributed by atoms with van der Waals surface area (Å²) in [6, 6.07) is 15.2. The number of carboxylic acid groups (broad SMARTS) is 1. The minimum absolute atomic E-state index is 0.0298. The predicted octanol–water partition coefficient (Wildman–Crippen LogP) is 3.33. The summed E-state index contributed by atoms with van der Waals surface area (Å²) in [7, 11) is 0. The first-order valence-corrected chi connectivity index (χ1v) is 11.9. The van der Waals surface area contributed by atoms with Gasteiger partial charge in [0, 0.05) is 36.9 Å². The van der Waals surface area contributed by atoms with Gasteiger partial charge in [-0.2, -0.15) is 11.8 Å². The van der Waals surface area contributed by atoms with Crippen LogP contribution in [0.25, 0.3) is 11.1 Å². The first-order valence-electron chi connectivity index (χ1n) is 10.7. The molecule has 168 valence electrons. The molecule has 7 nitrogen and oxygen atoms in total. The van der Waals surface area contributed by atoms with E-state index in [0.717, 1.165) is 33.8 Å². The van der Waals surface area contributed by atoms with Gasteiger partial charge in [-0.05, 0) is 28.7 Å². The molecule has 2 N–H and O–H groups in total. The predicted molar refractivity (Wildman–Crippen MR) is 123 cm³/mol. The molecule has 1 aliphatic carbocycles. The van der Waals surface area contributed by atoms with Gasteiger partial charge in [0.15, 0.2) is 0 Å². The quantitative estimate of drug-likeness (QED) is 0.666. The van der Waals surface area contributed by atoms with Crippen LogP contribution in [0.4, 0.5) is 4.79 Å². The summed E-state index contributed by atoms with van der Waals surface area (Å²) < 4.78 is 5.54. The average Bonchev–Trinajstić information content (AvgIpc) is 3.14. The number of nitrogens with one attached hydrogen (secondary N) is 1. The zero-order valence-electron chi connectivity index (χ0n) is 17.7. The molecular weight excluding hydrogens is 428 g/mol. The molecular formula is C24H26N2O5S. The van der Waals surface area contributed by atoms with E-state index in [1.54, 1.807) is 16.7 Å². The maximum absolute atomic E-state index is 12.9. The van der Waals surface area contributed by atoms with Crippen LogP contribution in [0.5, 0.6) is 0 Å². The smallest absolute Gasteiger partial charge is 0.407 e. The van der Waals surface area contributed by atoms with Crippen LogP contribution in [-0.2, 0) is 14.3 Å². The Balaban J connectivity index is 1.42. The van der Waals surface area contributed by atoms with Crippen LogP contribution in [0.3, 0.4) is 0 Å². The number of hydrogen-bond acceptors (Lipinski definition) is 5. The summed E-state index contributed by atoms with van der Waals surface area (Å²) in [5, 5.41) is 11.7. The van der Waals surface area contributed by atoms with Crippen LogP contribution in [0.15, 0.2) is 48.5 Å². The number of ether oxygens (including phenoxy) is 1. The topological polar surface area (TPSA) is 95.9 Å². The Labute approximate surface area is 191 Å². The lowest BCUT2D eigenvalue weighted by Gasteiger charge is -2.30. The van der Waals surface area contributed by atoms with Crippen LogP contribution < -0.4 is 5.32 Å². The number of thioether (sulfide) groups is 1. The minimum atomic E-state index is -1.01. The second kappa shape index (κ2) is 10.1. The summed E-state index contributed by atoms with van der Waals surface area (Å²) in [6.07, 6.45) is -0.882. The second-order valence-corrected chi connectivity index (χ2v) is 9.12. The number of nitrogens with zero attached hydrogens (tertiary/aromatic N) is 1. The molecule has 1 atom stereocenters. The number of fused-ring (bicyclic) bond motifs is 3. The Hall–Kier alpha value is -3.00. The van der Waals surface area contributed by atoms with Gasteiger partial charge < -0.3 is 20.1 Å². The lowest BCUT2D eigenvalue weighted by molar-refractivity contribution is -0.138. The molecule has 0 bridgehead atoms. The van der Waals surface area contributed by atoms with Crippen molar-refractivity contribution in [1.82, 2.24) is 10.2 Å². The third kappa shape index (κ3) is 4.91. The Morgan fingerprint density at radius 3 is 2.22 bits per heavy atom. The normalized spacial score (nSPS) is 16.1. The van der Waals surface area contributed by atoms with E-state index >= 15 is 0 Å². The highest BCUT2D eigenvalue weighted by Gasteiger charge is 2.31. The van der Waals surface area contributed by atoms with Gasteiger partial charge in [-0.3, -0.25) is 9.59 Å². The molecule has 0 aromatic heterocycles. The van der Waals surface area contributed by atoms with E-state index in [1.165, 1.54) is 0 Å². The van der Waals surface area contributed by atoms with Crippen LogP contribution in [-0.4, -0.2) is 65.2 Å². The van der Waals surface area contributed by atoms with E-state index in [4.69, 9.17) is 9.84 Å². The largest absolute Gasteiger partial charge is 0.481 e. The number of carbonyl (C=O) groups excluding carboxylic acids is 2. The number of rotatable bonds is 7. The standard InChI is InChI=1S/C24H26N2O5S/c27-22(28)10-9-21(23(29)26-11-13-32-14-12-26)25-24(30)31-15-20-18-7-3-1-5-16(18)17-6-2-4-8-19(17)20/h1-8,20-21H,9-15H2,(H,25,30)(H,27,28). The van der Waals surface area contributed by atoms with E-state index in [1.807, 2.05) is 36.4 Å². The third-order valence-corrected chi connectivity index (χ3v) is 6.85. The maximum Gasteiger partial charge on any atom is 0.407 e.